The molecule has 0 unspecified atom stereocenters. The predicted molar refractivity (Wildman–Crippen MR) is 126 cm³/mol. The molecule has 0 spiro atoms. The van der Waals surface area contributed by atoms with E-state index < -0.39 is 23.9 Å². The van der Waals surface area contributed by atoms with Crippen LogP contribution in [0.1, 0.15) is 34.5 Å². The number of nitrogens with zero attached hydrogens (tertiary/aromatic N) is 1. The monoisotopic (exact) mass is 483 g/mol. The number of aliphatic hydroxyl groups excluding tert-OH is 2. The van der Waals surface area contributed by atoms with Crippen molar-refractivity contribution in [3.05, 3.63) is 70.4 Å². The number of nitrogens with one attached hydrogen (secondary N) is 2. The van der Waals surface area contributed by atoms with Crippen LogP contribution in [0.2, 0.25) is 5.02 Å². The minimum absolute atomic E-state index is 0.0301. The summed E-state index contributed by atoms with van der Waals surface area (Å²) in [5, 5.41) is 35.6. The van der Waals surface area contributed by atoms with Gasteiger partial charge in [0.15, 0.2) is 0 Å². The number of carbonyl (C=O) groups excluding carboxylic acids is 2. The molecule has 0 radical (unpaired) electrons. The Labute approximate surface area is 201 Å². The Morgan fingerprint density at radius 2 is 1.85 bits per heavy atom. The number of rotatable bonds is 4. The summed E-state index contributed by atoms with van der Waals surface area (Å²) < 4.78 is 0. The van der Waals surface area contributed by atoms with Crippen LogP contribution in [0.3, 0.4) is 0 Å². The van der Waals surface area contributed by atoms with Crippen molar-refractivity contribution in [2.24, 2.45) is 0 Å². The normalized spacial score (nSPS) is 26.5. The number of benzene rings is 2. The highest BCUT2D eigenvalue weighted by Gasteiger charge is 2.43. The first-order valence-corrected chi connectivity index (χ1v) is 11.6. The van der Waals surface area contributed by atoms with Crippen LogP contribution in [0.15, 0.2) is 48.5 Å². The molecule has 8 nitrogen and oxygen atoms in total. The lowest BCUT2D eigenvalue weighted by atomic mass is 9.74. The van der Waals surface area contributed by atoms with Gasteiger partial charge in [0.05, 0.1) is 18.6 Å². The number of hydrogen-bond donors (Lipinski definition) is 5. The van der Waals surface area contributed by atoms with Crippen molar-refractivity contribution >= 4 is 34.3 Å². The van der Waals surface area contributed by atoms with E-state index >= 15 is 0 Å². The molecule has 1 saturated heterocycles. The number of halogens is 1. The fourth-order valence-electron chi connectivity index (χ4n) is 5.10. The van der Waals surface area contributed by atoms with Crippen LogP contribution in [0.4, 0.5) is 0 Å². The average Bonchev–Trinajstić information content (AvgIpc) is 3.36. The SMILES string of the molecule is O=C(N[C@@H]1Cc2ccccc2[C@@](O)(CC(=O)N2C[C@@H](O)[C@@H](O)C2)C1)c1cc2cc(Cl)ccc2[nH]1. The topological polar surface area (TPSA) is 126 Å². The molecule has 0 bridgehead atoms. The number of likely N-dealkylation sites (tertiary alicyclic amines) is 1. The van der Waals surface area contributed by atoms with Gasteiger partial charge in [-0.2, -0.15) is 0 Å². The van der Waals surface area contributed by atoms with Gasteiger partial charge in [0.25, 0.3) is 5.91 Å². The zero-order valence-electron chi connectivity index (χ0n) is 18.4. The van der Waals surface area contributed by atoms with E-state index in [9.17, 15) is 24.9 Å². The van der Waals surface area contributed by atoms with E-state index in [0.717, 1.165) is 16.5 Å². The molecular formula is C25H26ClN3O5. The largest absolute Gasteiger partial charge is 0.388 e. The van der Waals surface area contributed by atoms with E-state index in [1.54, 1.807) is 24.3 Å². The Balaban J connectivity index is 1.36. The number of amides is 2. The molecule has 5 rings (SSSR count). The van der Waals surface area contributed by atoms with Crippen LogP contribution in [-0.2, 0) is 16.8 Å². The summed E-state index contributed by atoms with van der Waals surface area (Å²) in [6.07, 6.45) is -1.51. The van der Waals surface area contributed by atoms with E-state index in [4.69, 9.17) is 11.6 Å². The van der Waals surface area contributed by atoms with Crippen LogP contribution >= 0.6 is 11.6 Å². The molecule has 34 heavy (non-hydrogen) atoms. The lowest BCUT2D eigenvalue weighted by Crippen LogP contribution is -2.48. The van der Waals surface area contributed by atoms with Gasteiger partial charge < -0.3 is 30.5 Å². The second-order valence-electron chi connectivity index (χ2n) is 9.29. The maximum Gasteiger partial charge on any atom is 0.267 e. The number of aromatic nitrogens is 1. The summed E-state index contributed by atoms with van der Waals surface area (Å²) in [6, 6.07) is 14.0. The van der Waals surface area contributed by atoms with Gasteiger partial charge in [-0.1, -0.05) is 35.9 Å². The smallest absolute Gasteiger partial charge is 0.267 e. The molecule has 2 aliphatic rings. The summed E-state index contributed by atoms with van der Waals surface area (Å²) in [4.78, 5) is 30.4. The van der Waals surface area contributed by atoms with Crippen molar-refractivity contribution in [1.82, 2.24) is 15.2 Å². The van der Waals surface area contributed by atoms with Crippen molar-refractivity contribution in [2.75, 3.05) is 13.1 Å². The fraction of sp³-hybridized carbons (Fsp3) is 0.360. The molecule has 1 aliphatic carbocycles. The maximum absolute atomic E-state index is 13.0. The van der Waals surface area contributed by atoms with Gasteiger partial charge in [0.2, 0.25) is 5.91 Å². The van der Waals surface area contributed by atoms with E-state index in [-0.39, 0.29) is 37.7 Å². The first-order chi connectivity index (χ1) is 16.2. The number of aromatic amines is 1. The zero-order valence-corrected chi connectivity index (χ0v) is 19.1. The van der Waals surface area contributed by atoms with Crippen LogP contribution in [-0.4, -0.2) is 68.4 Å². The molecule has 3 aromatic rings. The number of aliphatic hydroxyl groups is 3. The highest BCUT2D eigenvalue weighted by molar-refractivity contribution is 6.31. The molecule has 4 atom stereocenters. The standard InChI is InChI=1S/C25H26ClN3O5/c26-16-5-6-19-15(7-16)9-20(28-19)24(33)27-17-8-14-3-1-2-4-18(14)25(34,10-17)11-23(32)29-12-21(30)22(31)13-29/h1-7,9,17,21-22,28,30-31,34H,8,10-13H2,(H,27,33)/t17-,21-,22+,25+/m1/s1. The number of hydrogen-bond acceptors (Lipinski definition) is 5. The van der Waals surface area contributed by atoms with Crippen molar-refractivity contribution in [1.29, 1.82) is 0 Å². The van der Waals surface area contributed by atoms with E-state index in [0.29, 0.717) is 22.7 Å². The van der Waals surface area contributed by atoms with Crippen molar-refractivity contribution in [2.45, 2.75) is 43.1 Å². The molecular weight excluding hydrogens is 458 g/mol. The van der Waals surface area contributed by atoms with Gasteiger partial charge >= 0.3 is 0 Å². The highest BCUT2D eigenvalue weighted by atomic mass is 35.5. The van der Waals surface area contributed by atoms with E-state index in [1.165, 1.54) is 4.90 Å². The Morgan fingerprint density at radius 3 is 2.62 bits per heavy atom. The summed E-state index contributed by atoms with van der Waals surface area (Å²) in [5.74, 6) is -0.663. The van der Waals surface area contributed by atoms with Crippen LogP contribution < -0.4 is 5.32 Å². The average molecular weight is 484 g/mol. The van der Waals surface area contributed by atoms with Gasteiger partial charge in [-0.25, -0.2) is 0 Å². The maximum atomic E-state index is 13.0. The minimum atomic E-state index is -1.49. The third-order valence-electron chi connectivity index (χ3n) is 6.79. The molecule has 2 heterocycles. The van der Waals surface area contributed by atoms with Gasteiger partial charge in [0.1, 0.15) is 11.3 Å². The predicted octanol–water partition coefficient (Wildman–Crippen LogP) is 1.71. The third-order valence-corrected chi connectivity index (χ3v) is 7.02. The summed E-state index contributed by atoms with van der Waals surface area (Å²) >= 11 is 6.05. The van der Waals surface area contributed by atoms with Gasteiger partial charge in [0, 0.05) is 41.5 Å². The molecule has 1 aromatic heterocycles. The van der Waals surface area contributed by atoms with Crippen molar-refractivity contribution in [3.8, 4) is 0 Å². The van der Waals surface area contributed by atoms with Crippen molar-refractivity contribution < 1.29 is 24.9 Å². The van der Waals surface area contributed by atoms with E-state index in [1.807, 2.05) is 24.3 Å². The summed E-state index contributed by atoms with van der Waals surface area (Å²) in [6.45, 7) is 0.0601. The molecule has 2 aromatic carbocycles. The molecule has 1 aliphatic heterocycles. The van der Waals surface area contributed by atoms with Gasteiger partial charge in [-0.05, 0) is 41.8 Å². The van der Waals surface area contributed by atoms with Crippen LogP contribution in [0, 0.1) is 0 Å². The minimum Gasteiger partial charge on any atom is -0.388 e. The first-order valence-electron chi connectivity index (χ1n) is 11.3. The van der Waals surface area contributed by atoms with Crippen LogP contribution in [0.5, 0.6) is 0 Å². The zero-order chi connectivity index (χ0) is 24.0. The first kappa shape index (κ1) is 22.9. The van der Waals surface area contributed by atoms with Crippen LogP contribution in [0.25, 0.3) is 10.9 Å². The molecule has 178 valence electrons. The number of H-pyrrole nitrogens is 1. The molecule has 9 heteroatoms. The third kappa shape index (κ3) is 4.30. The Hall–Kier alpha value is -2.91. The lowest BCUT2D eigenvalue weighted by Gasteiger charge is -2.39. The quantitative estimate of drug-likeness (QED) is 0.386. The summed E-state index contributed by atoms with van der Waals surface area (Å²) in [7, 11) is 0. The van der Waals surface area contributed by atoms with Gasteiger partial charge in [-0.3, -0.25) is 9.59 Å². The summed E-state index contributed by atoms with van der Waals surface area (Å²) in [5.41, 5.74) is 1.21. The number of fused-ring (bicyclic) bond motifs is 2. The Kier molecular flexibility index (Phi) is 5.85. The Bertz CT molecular complexity index is 1250. The second-order valence-corrected chi connectivity index (χ2v) is 9.73. The number of carbonyl (C=O) groups is 2. The highest BCUT2D eigenvalue weighted by Crippen LogP contribution is 2.39. The van der Waals surface area contributed by atoms with E-state index in [2.05, 4.69) is 10.3 Å². The van der Waals surface area contributed by atoms with Crippen molar-refractivity contribution in [3.63, 3.8) is 0 Å². The molecule has 5 N–H and O–H groups in total. The number of β-amino-alcohol motifs (C(OH)–C–C–N with tert-alkyl or cyclic N) is 2. The molecule has 0 saturated carbocycles. The molecule has 2 amide bonds. The fourth-order valence-corrected chi connectivity index (χ4v) is 5.28. The molecule has 1 fully saturated rings. The lowest BCUT2D eigenvalue weighted by molar-refractivity contribution is -0.137. The van der Waals surface area contributed by atoms with Gasteiger partial charge in [-0.15, -0.1) is 0 Å². The second kappa shape index (κ2) is 8.70. The Morgan fingerprint density at radius 1 is 1.12 bits per heavy atom.